The summed E-state index contributed by atoms with van der Waals surface area (Å²) in [5, 5.41) is 3.19. The van der Waals surface area contributed by atoms with Gasteiger partial charge in [0, 0.05) is 11.1 Å². The Balaban J connectivity index is 1.85. The van der Waals surface area contributed by atoms with E-state index < -0.39 is 0 Å². The number of para-hydroxylation sites is 1. The highest BCUT2D eigenvalue weighted by molar-refractivity contribution is 5.96. The number of fused-ring (bicyclic) bond motifs is 1. The minimum Gasteiger partial charge on any atom is -0.493 e. The Morgan fingerprint density at radius 3 is 2.82 bits per heavy atom. The molecule has 1 heterocycles. The second-order valence-corrected chi connectivity index (χ2v) is 5.57. The molecule has 1 amide bonds. The summed E-state index contributed by atoms with van der Waals surface area (Å²) >= 11 is 0. The zero-order valence-corrected chi connectivity index (χ0v) is 12.8. The fourth-order valence-electron chi connectivity index (χ4n) is 2.96. The molecule has 22 heavy (non-hydrogen) atoms. The van der Waals surface area contributed by atoms with Crippen molar-refractivity contribution in [3.05, 3.63) is 65.2 Å². The van der Waals surface area contributed by atoms with Gasteiger partial charge in [-0.1, -0.05) is 43.3 Å². The second kappa shape index (κ2) is 6.65. The van der Waals surface area contributed by atoms with Crippen molar-refractivity contribution in [2.45, 2.75) is 32.2 Å². The van der Waals surface area contributed by atoms with Crippen molar-refractivity contribution >= 4 is 5.91 Å². The van der Waals surface area contributed by atoms with Crippen molar-refractivity contribution in [3.63, 3.8) is 0 Å². The van der Waals surface area contributed by atoms with Crippen LogP contribution in [0.3, 0.4) is 0 Å². The van der Waals surface area contributed by atoms with Crippen LogP contribution in [0.5, 0.6) is 5.75 Å². The van der Waals surface area contributed by atoms with E-state index in [-0.39, 0.29) is 11.9 Å². The number of carbonyl (C=O) groups excluding carboxylic acids is 1. The van der Waals surface area contributed by atoms with Crippen LogP contribution in [0.1, 0.15) is 47.3 Å². The SMILES string of the molecule is CCc1ccccc1C(=O)NC1CCCOc2ccccc21. The smallest absolute Gasteiger partial charge is 0.252 e. The van der Waals surface area contributed by atoms with E-state index in [0.29, 0.717) is 6.61 Å². The summed E-state index contributed by atoms with van der Waals surface area (Å²) in [6.45, 7) is 2.77. The highest BCUT2D eigenvalue weighted by atomic mass is 16.5. The molecule has 0 bridgehead atoms. The van der Waals surface area contributed by atoms with E-state index in [4.69, 9.17) is 4.74 Å². The third-order valence-electron chi connectivity index (χ3n) is 4.14. The lowest BCUT2D eigenvalue weighted by molar-refractivity contribution is 0.0934. The Morgan fingerprint density at radius 2 is 1.95 bits per heavy atom. The lowest BCUT2D eigenvalue weighted by Gasteiger charge is -2.19. The lowest BCUT2D eigenvalue weighted by Crippen LogP contribution is -2.29. The van der Waals surface area contributed by atoms with Gasteiger partial charge in [0.2, 0.25) is 0 Å². The number of carbonyl (C=O) groups is 1. The minimum absolute atomic E-state index is 0.000784. The zero-order valence-electron chi connectivity index (χ0n) is 12.8. The van der Waals surface area contributed by atoms with E-state index in [9.17, 15) is 4.79 Å². The van der Waals surface area contributed by atoms with Gasteiger partial charge in [-0.15, -0.1) is 0 Å². The van der Waals surface area contributed by atoms with Crippen LogP contribution in [0.2, 0.25) is 0 Å². The van der Waals surface area contributed by atoms with Crippen molar-refractivity contribution in [2.24, 2.45) is 0 Å². The molecule has 3 heteroatoms. The molecule has 0 aromatic heterocycles. The third kappa shape index (κ3) is 2.98. The molecule has 3 rings (SSSR count). The van der Waals surface area contributed by atoms with Crippen molar-refractivity contribution in [1.82, 2.24) is 5.32 Å². The molecule has 0 spiro atoms. The van der Waals surface area contributed by atoms with Crippen LogP contribution in [0.25, 0.3) is 0 Å². The highest BCUT2D eigenvalue weighted by Gasteiger charge is 2.22. The molecule has 1 aliphatic rings. The molecule has 0 saturated carbocycles. The number of hydrogen-bond acceptors (Lipinski definition) is 2. The van der Waals surface area contributed by atoms with Gasteiger partial charge in [0.1, 0.15) is 5.75 Å². The van der Waals surface area contributed by atoms with E-state index in [1.807, 2.05) is 48.5 Å². The zero-order chi connectivity index (χ0) is 15.4. The molecular formula is C19H21NO2. The Kier molecular flexibility index (Phi) is 4.42. The molecule has 1 N–H and O–H groups in total. The first kappa shape index (κ1) is 14.6. The van der Waals surface area contributed by atoms with Gasteiger partial charge in [0.15, 0.2) is 0 Å². The fourth-order valence-corrected chi connectivity index (χ4v) is 2.96. The first-order valence-electron chi connectivity index (χ1n) is 7.90. The standard InChI is InChI=1S/C19H21NO2/c1-2-14-8-3-4-9-15(14)19(21)20-17-11-7-13-22-18-12-6-5-10-16(17)18/h3-6,8-10,12,17H,2,7,11,13H2,1H3,(H,20,21). The fraction of sp³-hybridized carbons (Fsp3) is 0.316. The van der Waals surface area contributed by atoms with E-state index in [1.54, 1.807) is 0 Å². The maximum atomic E-state index is 12.7. The van der Waals surface area contributed by atoms with Gasteiger partial charge >= 0.3 is 0 Å². The lowest BCUT2D eigenvalue weighted by atomic mass is 10.00. The molecule has 2 aromatic rings. The van der Waals surface area contributed by atoms with E-state index in [0.717, 1.165) is 41.7 Å². The van der Waals surface area contributed by atoms with Crippen LogP contribution in [0.15, 0.2) is 48.5 Å². The van der Waals surface area contributed by atoms with Crippen LogP contribution in [0, 0.1) is 0 Å². The Morgan fingerprint density at radius 1 is 1.18 bits per heavy atom. The first-order chi connectivity index (χ1) is 10.8. The average Bonchev–Trinajstić information content (AvgIpc) is 2.77. The van der Waals surface area contributed by atoms with Crippen LogP contribution < -0.4 is 10.1 Å². The van der Waals surface area contributed by atoms with Crippen molar-refractivity contribution in [1.29, 1.82) is 0 Å². The molecular weight excluding hydrogens is 274 g/mol. The van der Waals surface area contributed by atoms with Gasteiger partial charge < -0.3 is 10.1 Å². The quantitative estimate of drug-likeness (QED) is 0.933. The third-order valence-corrected chi connectivity index (χ3v) is 4.14. The molecule has 1 unspecified atom stereocenters. The monoisotopic (exact) mass is 295 g/mol. The summed E-state index contributed by atoms with van der Waals surface area (Å²) in [7, 11) is 0. The van der Waals surface area contributed by atoms with Crippen molar-refractivity contribution in [3.8, 4) is 5.75 Å². The maximum Gasteiger partial charge on any atom is 0.252 e. The summed E-state index contributed by atoms with van der Waals surface area (Å²) in [6, 6.07) is 15.8. The Hall–Kier alpha value is -2.29. The van der Waals surface area contributed by atoms with Crippen LogP contribution in [0.4, 0.5) is 0 Å². The minimum atomic E-state index is -0.000784. The number of ether oxygens (including phenoxy) is 1. The van der Waals surface area contributed by atoms with E-state index in [1.165, 1.54) is 0 Å². The molecule has 2 aromatic carbocycles. The topological polar surface area (TPSA) is 38.3 Å². The van der Waals surface area contributed by atoms with Gasteiger partial charge in [-0.2, -0.15) is 0 Å². The van der Waals surface area contributed by atoms with Gasteiger partial charge in [0.25, 0.3) is 5.91 Å². The summed E-state index contributed by atoms with van der Waals surface area (Å²) < 4.78 is 5.76. The molecule has 1 aliphatic heterocycles. The van der Waals surface area contributed by atoms with Crippen LogP contribution in [-0.4, -0.2) is 12.5 Å². The summed E-state index contributed by atoms with van der Waals surface area (Å²) in [4.78, 5) is 12.7. The Bertz CT molecular complexity index is 666. The van der Waals surface area contributed by atoms with Gasteiger partial charge in [-0.3, -0.25) is 4.79 Å². The van der Waals surface area contributed by atoms with E-state index >= 15 is 0 Å². The number of benzene rings is 2. The number of nitrogens with one attached hydrogen (secondary N) is 1. The maximum absolute atomic E-state index is 12.7. The molecule has 0 radical (unpaired) electrons. The van der Waals surface area contributed by atoms with Gasteiger partial charge in [-0.05, 0) is 37.0 Å². The predicted octanol–water partition coefficient (Wildman–Crippen LogP) is 3.89. The highest BCUT2D eigenvalue weighted by Crippen LogP contribution is 2.31. The summed E-state index contributed by atoms with van der Waals surface area (Å²) in [5.74, 6) is 0.883. The number of rotatable bonds is 3. The summed E-state index contributed by atoms with van der Waals surface area (Å²) in [5.41, 5.74) is 2.92. The summed E-state index contributed by atoms with van der Waals surface area (Å²) in [6.07, 6.45) is 2.69. The molecule has 3 nitrogen and oxygen atoms in total. The first-order valence-corrected chi connectivity index (χ1v) is 7.90. The van der Waals surface area contributed by atoms with Crippen molar-refractivity contribution < 1.29 is 9.53 Å². The molecule has 0 saturated heterocycles. The number of hydrogen-bond donors (Lipinski definition) is 1. The normalized spacial score (nSPS) is 17.0. The average molecular weight is 295 g/mol. The van der Waals surface area contributed by atoms with E-state index in [2.05, 4.69) is 12.2 Å². The molecule has 1 atom stereocenters. The largest absolute Gasteiger partial charge is 0.493 e. The molecule has 114 valence electrons. The number of aryl methyl sites for hydroxylation is 1. The Labute approximate surface area is 131 Å². The second-order valence-electron chi connectivity index (χ2n) is 5.57. The predicted molar refractivity (Wildman–Crippen MR) is 87.2 cm³/mol. The number of amides is 1. The molecule has 0 aliphatic carbocycles. The van der Waals surface area contributed by atoms with Crippen LogP contribution in [-0.2, 0) is 6.42 Å². The van der Waals surface area contributed by atoms with Crippen molar-refractivity contribution in [2.75, 3.05) is 6.61 Å². The van der Waals surface area contributed by atoms with Crippen LogP contribution >= 0.6 is 0 Å². The van der Waals surface area contributed by atoms with Gasteiger partial charge in [0.05, 0.1) is 12.6 Å². The molecule has 0 fully saturated rings. The van der Waals surface area contributed by atoms with Gasteiger partial charge in [-0.25, -0.2) is 0 Å².